The van der Waals surface area contributed by atoms with Gasteiger partial charge in [0.15, 0.2) is 0 Å². The normalized spacial score (nSPS) is 16.0. The van der Waals surface area contributed by atoms with Crippen LogP contribution in [0.1, 0.15) is 28.7 Å². The number of carbonyl (C=O) groups excluding carboxylic acids is 1. The number of nitro benzene ring substituents is 1. The largest absolute Gasteiger partial charge is 0.467 e. The summed E-state index contributed by atoms with van der Waals surface area (Å²) in [4.78, 5) is 26.5. The second kappa shape index (κ2) is 9.01. The number of likely N-dealkylation sites (N-methyl/N-ethyl adjacent to an activating group) is 1. The summed E-state index contributed by atoms with van der Waals surface area (Å²) >= 11 is 7.77. The van der Waals surface area contributed by atoms with Crippen molar-refractivity contribution in [1.29, 1.82) is 0 Å². The van der Waals surface area contributed by atoms with Gasteiger partial charge in [0, 0.05) is 30.1 Å². The van der Waals surface area contributed by atoms with Crippen LogP contribution >= 0.6 is 22.9 Å². The van der Waals surface area contributed by atoms with Crippen LogP contribution in [-0.2, 0) is 11.3 Å². The Labute approximate surface area is 187 Å². The summed E-state index contributed by atoms with van der Waals surface area (Å²) in [6, 6.07) is 11.5. The molecule has 0 N–H and O–H groups in total. The van der Waals surface area contributed by atoms with E-state index in [9.17, 15) is 14.9 Å². The number of rotatable bonds is 7. The zero-order valence-corrected chi connectivity index (χ0v) is 18.2. The van der Waals surface area contributed by atoms with Gasteiger partial charge < -0.3 is 4.42 Å². The van der Waals surface area contributed by atoms with Gasteiger partial charge in [-0.25, -0.2) is 5.01 Å². The number of nitrogens with zero attached hydrogens (tertiary/aromatic N) is 4. The standard InChI is InChI=1S/C21H19ClN4O4S/c1-24(12-14-10-15(26(28)29)6-7-16(14)22)13-21(27)25-18(19-4-2-8-30-19)11-17(23-25)20-5-3-9-31-20/h2-10,18H,11-13H2,1H3. The molecule has 160 valence electrons. The molecule has 1 unspecified atom stereocenters. The smallest absolute Gasteiger partial charge is 0.269 e. The van der Waals surface area contributed by atoms with Gasteiger partial charge in [-0.2, -0.15) is 5.10 Å². The molecule has 3 aromatic rings. The second-order valence-electron chi connectivity index (χ2n) is 7.20. The van der Waals surface area contributed by atoms with E-state index in [0.717, 1.165) is 10.6 Å². The second-order valence-corrected chi connectivity index (χ2v) is 8.56. The minimum absolute atomic E-state index is 0.0401. The van der Waals surface area contributed by atoms with Crippen LogP contribution in [0.5, 0.6) is 0 Å². The van der Waals surface area contributed by atoms with E-state index >= 15 is 0 Å². The van der Waals surface area contributed by atoms with Crippen LogP contribution in [0.25, 0.3) is 0 Å². The van der Waals surface area contributed by atoms with Crippen molar-refractivity contribution >= 4 is 40.2 Å². The highest BCUT2D eigenvalue weighted by atomic mass is 35.5. The van der Waals surface area contributed by atoms with Crippen molar-refractivity contribution in [2.75, 3.05) is 13.6 Å². The van der Waals surface area contributed by atoms with Gasteiger partial charge in [0.1, 0.15) is 11.8 Å². The highest BCUT2D eigenvalue weighted by Gasteiger charge is 2.35. The molecule has 1 aliphatic rings. The lowest BCUT2D eigenvalue weighted by molar-refractivity contribution is -0.384. The number of carbonyl (C=O) groups is 1. The van der Waals surface area contributed by atoms with E-state index in [-0.39, 0.29) is 30.7 Å². The maximum atomic E-state index is 13.1. The Kier molecular flexibility index (Phi) is 6.17. The summed E-state index contributed by atoms with van der Waals surface area (Å²) in [6.07, 6.45) is 2.15. The Morgan fingerprint density at radius 1 is 1.39 bits per heavy atom. The maximum Gasteiger partial charge on any atom is 0.269 e. The number of halogens is 1. The molecular formula is C21H19ClN4O4S. The number of amides is 1. The predicted molar refractivity (Wildman–Crippen MR) is 118 cm³/mol. The number of furan rings is 1. The SMILES string of the molecule is CN(CC(=O)N1N=C(c2cccs2)CC1c1ccco1)Cc1cc([N+](=O)[O-])ccc1Cl. The quantitative estimate of drug-likeness (QED) is 0.377. The number of hydrogen-bond donors (Lipinski definition) is 0. The molecule has 1 atom stereocenters. The van der Waals surface area contributed by atoms with E-state index < -0.39 is 4.92 Å². The summed E-state index contributed by atoms with van der Waals surface area (Å²) in [5.74, 6) is 0.477. The van der Waals surface area contributed by atoms with Crippen LogP contribution in [0.4, 0.5) is 5.69 Å². The lowest BCUT2D eigenvalue weighted by atomic mass is 10.1. The van der Waals surface area contributed by atoms with E-state index in [1.807, 2.05) is 23.6 Å². The molecule has 10 heteroatoms. The lowest BCUT2D eigenvalue weighted by Gasteiger charge is -2.23. The molecule has 8 nitrogen and oxygen atoms in total. The van der Waals surface area contributed by atoms with E-state index in [4.69, 9.17) is 16.0 Å². The van der Waals surface area contributed by atoms with Gasteiger partial charge in [0.2, 0.25) is 0 Å². The van der Waals surface area contributed by atoms with Crippen molar-refractivity contribution in [1.82, 2.24) is 9.91 Å². The molecule has 2 aromatic heterocycles. The summed E-state index contributed by atoms with van der Waals surface area (Å²) in [7, 11) is 1.76. The Morgan fingerprint density at radius 3 is 2.90 bits per heavy atom. The molecule has 0 saturated heterocycles. The Balaban J connectivity index is 1.50. The van der Waals surface area contributed by atoms with Crippen molar-refractivity contribution < 1.29 is 14.1 Å². The zero-order chi connectivity index (χ0) is 22.0. The van der Waals surface area contributed by atoms with Crippen LogP contribution in [-0.4, -0.2) is 40.0 Å². The van der Waals surface area contributed by atoms with Gasteiger partial charge in [-0.3, -0.25) is 19.8 Å². The van der Waals surface area contributed by atoms with Crippen LogP contribution in [0, 0.1) is 10.1 Å². The van der Waals surface area contributed by atoms with Crippen molar-refractivity contribution in [2.24, 2.45) is 5.10 Å². The topological polar surface area (TPSA) is 92.2 Å². The molecule has 3 heterocycles. The minimum atomic E-state index is -0.468. The first-order chi connectivity index (χ1) is 14.9. The molecule has 1 amide bonds. The molecule has 1 aromatic carbocycles. The van der Waals surface area contributed by atoms with Crippen molar-refractivity contribution in [3.63, 3.8) is 0 Å². The molecule has 0 spiro atoms. The molecule has 0 aliphatic carbocycles. The van der Waals surface area contributed by atoms with Gasteiger partial charge in [0.25, 0.3) is 11.6 Å². The third kappa shape index (κ3) is 4.68. The summed E-state index contributed by atoms with van der Waals surface area (Å²) in [5.41, 5.74) is 1.38. The van der Waals surface area contributed by atoms with Crippen molar-refractivity contribution in [3.8, 4) is 0 Å². The number of thiophene rings is 1. The fourth-order valence-electron chi connectivity index (χ4n) is 3.48. The van der Waals surface area contributed by atoms with Crippen LogP contribution < -0.4 is 0 Å². The first-order valence-electron chi connectivity index (χ1n) is 9.50. The van der Waals surface area contributed by atoms with Crippen molar-refractivity contribution in [3.05, 3.63) is 85.4 Å². The maximum absolute atomic E-state index is 13.1. The zero-order valence-electron chi connectivity index (χ0n) is 16.6. The number of hydrazone groups is 1. The first kappa shape index (κ1) is 21.2. The Morgan fingerprint density at radius 2 is 2.23 bits per heavy atom. The third-order valence-corrected chi connectivity index (χ3v) is 6.22. The summed E-state index contributed by atoms with van der Waals surface area (Å²) in [5, 5.41) is 19.5. The number of benzene rings is 1. The molecule has 0 bridgehead atoms. The number of nitro groups is 1. The first-order valence-corrected chi connectivity index (χ1v) is 10.8. The van der Waals surface area contributed by atoms with Crippen molar-refractivity contribution in [2.45, 2.75) is 19.0 Å². The summed E-state index contributed by atoms with van der Waals surface area (Å²) in [6.45, 7) is 0.352. The number of hydrogen-bond acceptors (Lipinski definition) is 7. The predicted octanol–water partition coefficient (Wildman–Crippen LogP) is 4.71. The fraction of sp³-hybridized carbons (Fsp3) is 0.238. The van der Waals surface area contributed by atoms with E-state index in [1.54, 1.807) is 35.6 Å². The van der Waals surface area contributed by atoms with Crippen LogP contribution in [0.3, 0.4) is 0 Å². The lowest BCUT2D eigenvalue weighted by Crippen LogP contribution is -2.36. The number of non-ortho nitro benzene ring substituents is 1. The van der Waals surface area contributed by atoms with Gasteiger partial charge in [-0.15, -0.1) is 11.3 Å². The van der Waals surface area contributed by atoms with E-state index in [0.29, 0.717) is 22.8 Å². The van der Waals surface area contributed by atoms with Gasteiger partial charge >= 0.3 is 0 Å². The average molecular weight is 459 g/mol. The Bertz CT molecular complexity index is 1110. The van der Waals surface area contributed by atoms with E-state index in [2.05, 4.69) is 5.10 Å². The van der Waals surface area contributed by atoms with Crippen LogP contribution in [0.15, 0.2) is 63.6 Å². The fourth-order valence-corrected chi connectivity index (χ4v) is 4.38. The molecule has 1 aliphatic heterocycles. The molecule has 0 radical (unpaired) electrons. The summed E-state index contributed by atoms with van der Waals surface area (Å²) < 4.78 is 5.56. The molecule has 0 saturated carbocycles. The molecule has 31 heavy (non-hydrogen) atoms. The Hall–Kier alpha value is -3.01. The highest BCUT2D eigenvalue weighted by Crippen LogP contribution is 2.34. The molecular weight excluding hydrogens is 440 g/mol. The molecule has 0 fully saturated rings. The highest BCUT2D eigenvalue weighted by molar-refractivity contribution is 7.12. The molecule has 4 rings (SSSR count). The van der Waals surface area contributed by atoms with Crippen LogP contribution in [0.2, 0.25) is 5.02 Å². The third-order valence-electron chi connectivity index (χ3n) is 4.93. The monoisotopic (exact) mass is 458 g/mol. The average Bonchev–Trinajstić information content (AvgIpc) is 3.49. The minimum Gasteiger partial charge on any atom is -0.467 e. The van der Waals surface area contributed by atoms with Gasteiger partial charge in [-0.1, -0.05) is 17.7 Å². The van der Waals surface area contributed by atoms with E-state index in [1.165, 1.54) is 23.2 Å². The van der Waals surface area contributed by atoms with Gasteiger partial charge in [-0.05, 0) is 42.3 Å². The van der Waals surface area contributed by atoms with Gasteiger partial charge in [0.05, 0.1) is 28.3 Å².